The third-order valence-corrected chi connectivity index (χ3v) is 5.82. The van der Waals surface area contributed by atoms with Crippen molar-refractivity contribution in [3.63, 3.8) is 0 Å². The number of carbonyl (C=O) groups excluding carboxylic acids is 1. The minimum atomic E-state index is -0.817. The van der Waals surface area contributed by atoms with Gasteiger partial charge >= 0.3 is 0 Å². The van der Waals surface area contributed by atoms with E-state index in [0.717, 1.165) is 6.20 Å². The Morgan fingerprint density at radius 1 is 1.30 bits per heavy atom. The SMILES string of the molecule is COCc1c(Br)c(C)nc(OCC(=O)N/N=C\c2ccc(OC)c(Oc3nc(Cl)ncc3F)c2)c1C#N. The second kappa shape index (κ2) is 12.9. The van der Waals surface area contributed by atoms with Crippen LogP contribution in [0, 0.1) is 24.1 Å². The first-order valence-corrected chi connectivity index (χ1v) is 11.5. The Morgan fingerprint density at radius 3 is 2.78 bits per heavy atom. The van der Waals surface area contributed by atoms with Crippen LogP contribution in [0.4, 0.5) is 4.39 Å². The Morgan fingerprint density at radius 2 is 2.08 bits per heavy atom. The number of nitrogens with one attached hydrogen (secondary N) is 1. The monoisotopic (exact) mass is 592 g/mol. The highest BCUT2D eigenvalue weighted by molar-refractivity contribution is 9.10. The maximum Gasteiger partial charge on any atom is 0.278 e. The summed E-state index contributed by atoms with van der Waals surface area (Å²) in [4.78, 5) is 23.7. The van der Waals surface area contributed by atoms with Crippen molar-refractivity contribution in [3.05, 3.63) is 62.4 Å². The van der Waals surface area contributed by atoms with E-state index < -0.39 is 18.3 Å². The molecule has 0 atom stereocenters. The van der Waals surface area contributed by atoms with Gasteiger partial charge in [-0.05, 0) is 58.2 Å². The Labute approximate surface area is 224 Å². The van der Waals surface area contributed by atoms with E-state index in [1.165, 1.54) is 26.5 Å². The molecule has 37 heavy (non-hydrogen) atoms. The van der Waals surface area contributed by atoms with Crippen LogP contribution in [-0.4, -0.2) is 47.9 Å². The number of halogens is 3. The zero-order chi connectivity index (χ0) is 26.9. The minimum Gasteiger partial charge on any atom is -0.493 e. The fraction of sp³-hybridized carbons (Fsp3) is 0.217. The number of aryl methyl sites for hydroxylation is 1. The van der Waals surface area contributed by atoms with Crippen molar-refractivity contribution in [3.8, 4) is 29.3 Å². The zero-order valence-electron chi connectivity index (χ0n) is 19.7. The van der Waals surface area contributed by atoms with E-state index in [4.69, 9.17) is 30.5 Å². The molecule has 1 N–H and O–H groups in total. The van der Waals surface area contributed by atoms with Crippen LogP contribution in [0.1, 0.15) is 22.4 Å². The summed E-state index contributed by atoms with van der Waals surface area (Å²) in [6.45, 7) is 1.43. The van der Waals surface area contributed by atoms with E-state index >= 15 is 0 Å². The van der Waals surface area contributed by atoms with Crippen LogP contribution < -0.4 is 19.6 Å². The van der Waals surface area contributed by atoms with E-state index in [1.54, 1.807) is 19.1 Å². The minimum absolute atomic E-state index is 0.00313. The quantitative estimate of drug-likeness (QED) is 0.209. The molecular weight excluding hydrogens is 575 g/mol. The standard InChI is InChI=1S/C23H19BrClFN6O5/c1-12-20(24)15(10-34-2)14(7-27)21(30-12)36-11-19(33)32-29-8-13-4-5-17(35-3)18(6-13)37-22-16(26)9-28-23(25)31-22/h4-6,8-9H,10-11H2,1-3H3,(H,32,33)/b29-8-. The Hall–Kier alpha value is -3.86. The fourth-order valence-corrected chi connectivity index (χ4v) is 3.45. The number of nitriles is 1. The van der Waals surface area contributed by atoms with Gasteiger partial charge in [0, 0.05) is 17.1 Å². The number of methoxy groups -OCH3 is 2. The van der Waals surface area contributed by atoms with Crippen LogP contribution in [0.3, 0.4) is 0 Å². The van der Waals surface area contributed by atoms with Crippen LogP contribution >= 0.6 is 27.5 Å². The van der Waals surface area contributed by atoms with Gasteiger partial charge in [-0.15, -0.1) is 0 Å². The van der Waals surface area contributed by atoms with Gasteiger partial charge in [0.1, 0.15) is 11.6 Å². The highest BCUT2D eigenvalue weighted by Gasteiger charge is 2.18. The lowest BCUT2D eigenvalue weighted by molar-refractivity contribution is -0.123. The average molecular weight is 594 g/mol. The number of hydrazone groups is 1. The number of hydrogen-bond acceptors (Lipinski definition) is 10. The van der Waals surface area contributed by atoms with Gasteiger partial charge in [0.05, 0.1) is 31.8 Å². The van der Waals surface area contributed by atoms with Gasteiger partial charge in [-0.1, -0.05) is 0 Å². The van der Waals surface area contributed by atoms with Crippen LogP contribution in [0.5, 0.6) is 23.3 Å². The number of carbonyl (C=O) groups is 1. The van der Waals surface area contributed by atoms with E-state index in [1.807, 2.05) is 6.07 Å². The molecule has 192 valence electrons. The Balaban J connectivity index is 1.67. The third kappa shape index (κ3) is 7.10. The molecule has 2 heterocycles. The fourth-order valence-electron chi connectivity index (χ4n) is 2.92. The van der Waals surface area contributed by atoms with Gasteiger partial charge in [0.2, 0.25) is 17.0 Å². The van der Waals surface area contributed by atoms with Crippen molar-refractivity contribution in [1.29, 1.82) is 5.26 Å². The van der Waals surface area contributed by atoms with Gasteiger partial charge in [0.25, 0.3) is 11.8 Å². The predicted molar refractivity (Wildman–Crippen MR) is 133 cm³/mol. The van der Waals surface area contributed by atoms with Crippen molar-refractivity contribution in [2.45, 2.75) is 13.5 Å². The first kappa shape index (κ1) is 27.7. The zero-order valence-corrected chi connectivity index (χ0v) is 22.1. The summed E-state index contributed by atoms with van der Waals surface area (Å²) in [5.41, 5.74) is 4.08. The number of hydrogen-bond donors (Lipinski definition) is 1. The summed E-state index contributed by atoms with van der Waals surface area (Å²) in [5, 5.41) is 13.2. The van der Waals surface area contributed by atoms with Crippen molar-refractivity contribution in [2.75, 3.05) is 20.8 Å². The van der Waals surface area contributed by atoms with E-state index in [2.05, 4.69) is 41.4 Å². The number of nitrogens with zero attached hydrogens (tertiary/aromatic N) is 5. The summed E-state index contributed by atoms with van der Waals surface area (Å²) in [6.07, 6.45) is 2.20. The first-order chi connectivity index (χ1) is 17.8. The lowest BCUT2D eigenvalue weighted by atomic mass is 10.1. The molecule has 0 spiro atoms. The van der Waals surface area contributed by atoms with Gasteiger partial charge in [0.15, 0.2) is 18.1 Å². The van der Waals surface area contributed by atoms with Crippen molar-refractivity contribution in [2.24, 2.45) is 5.10 Å². The maximum atomic E-state index is 14.0. The molecule has 2 aromatic heterocycles. The van der Waals surface area contributed by atoms with E-state index in [9.17, 15) is 14.4 Å². The van der Waals surface area contributed by atoms with Crippen LogP contribution in [0.25, 0.3) is 0 Å². The lowest BCUT2D eigenvalue weighted by Gasteiger charge is -2.13. The summed E-state index contributed by atoms with van der Waals surface area (Å²) in [5.74, 6) is -1.38. The summed E-state index contributed by atoms with van der Waals surface area (Å²) in [7, 11) is 2.91. The number of amides is 1. The Bertz CT molecular complexity index is 1380. The molecule has 0 saturated carbocycles. The molecule has 0 saturated heterocycles. The topological polar surface area (TPSA) is 141 Å². The molecule has 11 nitrogen and oxygen atoms in total. The Kier molecular flexibility index (Phi) is 9.67. The second-order valence-corrected chi connectivity index (χ2v) is 8.23. The van der Waals surface area contributed by atoms with Gasteiger partial charge in [-0.3, -0.25) is 4.79 Å². The van der Waals surface area contributed by atoms with E-state index in [0.29, 0.717) is 27.0 Å². The number of pyridine rings is 1. The third-order valence-electron chi connectivity index (χ3n) is 4.59. The molecule has 3 aromatic rings. The largest absolute Gasteiger partial charge is 0.493 e. The summed E-state index contributed by atoms with van der Waals surface area (Å²) in [6, 6.07) is 6.71. The molecule has 0 aliphatic rings. The molecule has 0 aliphatic heterocycles. The molecule has 0 fully saturated rings. The van der Waals surface area contributed by atoms with Crippen LogP contribution in [0.2, 0.25) is 5.28 Å². The predicted octanol–water partition coefficient (Wildman–Crippen LogP) is 4.08. The lowest BCUT2D eigenvalue weighted by Crippen LogP contribution is -2.25. The molecular formula is C23H19BrClFN6O5. The highest BCUT2D eigenvalue weighted by atomic mass is 79.9. The smallest absolute Gasteiger partial charge is 0.278 e. The summed E-state index contributed by atoms with van der Waals surface area (Å²) < 4.78 is 35.9. The molecule has 0 unspecified atom stereocenters. The second-order valence-electron chi connectivity index (χ2n) is 7.10. The molecule has 14 heteroatoms. The first-order valence-electron chi connectivity index (χ1n) is 10.3. The number of benzene rings is 1. The maximum absolute atomic E-state index is 14.0. The van der Waals surface area contributed by atoms with Crippen LogP contribution in [0.15, 0.2) is 34.0 Å². The number of aromatic nitrogens is 3. The van der Waals surface area contributed by atoms with Crippen LogP contribution in [-0.2, 0) is 16.1 Å². The average Bonchev–Trinajstić information content (AvgIpc) is 2.88. The van der Waals surface area contributed by atoms with Crippen molar-refractivity contribution < 1.29 is 28.1 Å². The number of ether oxygens (including phenoxy) is 4. The van der Waals surface area contributed by atoms with E-state index in [-0.39, 0.29) is 35.0 Å². The van der Waals surface area contributed by atoms with Crippen molar-refractivity contribution in [1.82, 2.24) is 20.4 Å². The number of rotatable bonds is 10. The molecule has 0 radical (unpaired) electrons. The molecule has 1 aromatic carbocycles. The van der Waals surface area contributed by atoms with Gasteiger partial charge in [-0.2, -0.15) is 19.7 Å². The molecule has 0 aliphatic carbocycles. The van der Waals surface area contributed by atoms with Gasteiger partial charge in [-0.25, -0.2) is 15.4 Å². The molecule has 3 rings (SSSR count). The molecule has 0 bridgehead atoms. The van der Waals surface area contributed by atoms with Crippen molar-refractivity contribution >= 4 is 39.7 Å². The summed E-state index contributed by atoms with van der Waals surface area (Å²) >= 11 is 9.09. The molecule has 1 amide bonds. The normalized spacial score (nSPS) is 10.7. The highest BCUT2D eigenvalue weighted by Crippen LogP contribution is 2.33. The van der Waals surface area contributed by atoms with Gasteiger partial charge < -0.3 is 18.9 Å².